The molecule has 2 aromatic rings. The summed E-state index contributed by atoms with van der Waals surface area (Å²) in [5.41, 5.74) is 4.99. The maximum atomic E-state index is 13.3. The molecule has 19 heavy (non-hydrogen) atoms. The molecule has 0 spiro atoms. The fourth-order valence-corrected chi connectivity index (χ4v) is 2.55. The molecule has 0 aliphatic rings. The molecular weight excluding hydrogens is 331 g/mol. The topological polar surface area (TPSA) is 38.0 Å². The van der Waals surface area contributed by atoms with Gasteiger partial charge >= 0.3 is 0 Å². The number of benzene rings is 2. The van der Waals surface area contributed by atoms with Gasteiger partial charge < -0.3 is 0 Å². The Bertz CT molecular complexity index is 604. The van der Waals surface area contributed by atoms with Crippen LogP contribution >= 0.6 is 27.5 Å². The highest BCUT2D eigenvalue weighted by Crippen LogP contribution is 2.31. The van der Waals surface area contributed by atoms with E-state index in [9.17, 15) is 4.39 Å². The number of hydrazine groups is 1. The van der Waals surface area contributed by atoms with Crippen molar-refractivity contribution in [2.75, 3.05) is 0 Å². The summed E-state index contributed by atoms with van der Waals surface area (Å²) in [4.78, 5) is 0. The fraction of sp³-hybridized carbons (Fsp3) is 0.143. The molecule has 2 nitrogen and oxygen atoms in total. The van der Waals surface area contributed by atoms with Crippen molar-refractivity contribution in [2.45, 2.75) is 13.0 Å². The summed E-state index contributed by atoms with van der Waals surface area (Å²) in [5.74, 6) is 5.39. The van der Waals surface area contributed by atoms with Crippen LogP contribution in [-0.2, 0) is 0 Å². The van der Waals surface area contributed by atoms with Gasteiger partial charge in [0.2, 0.25) is 0 Å². The predicted octanol–water partition coefficient (Wildman–Crippen LogP) is 4.10. The lowest BCUT2D eigenvalue weighted by atomic mass is 9.97. The van der Waals surface area contributed by atoms with E-state index in [1.807, 2.05) is 12.1 Å². The third-order valence-corrected chi connectivity index (χ3v) is 3.79. The molecule has 0 aliphatic heterocycles. The lowest BCUT2D eigenvalue weighted by Gasteiger charge is -2.19. The molecule has 100 valence electrons. The molecule has 2 rings (SSSR count). The predicted molar refractivity (Wildman–Crippen MR) is 79.5 cm³/mol. The average molecular weight is 344 g/mol. The van der Waals surface area contributed by atoms with Crippen molar-refractivity contribution in [3.63, 3.8) is 0 Å². The molecule has 0 saturated heterocycles. The molecule has 0 fully saturated rings. The highest BCUT2D eigenvalue weighted by Gasteiger charge is 2.16. The molecule has 1 unspecified atom stereocenters. The number of halogens is 3. The van der Waals surface area contributed by atoms with Crippen LogP contribution in [0.4, 0.5) is 4.39 Å². The Balaban J connectivity index is 2.49. The highest BCUT2D eigenvalue weighted by atomic mass is 79.9. The van der Waals surface area contributed by atoms with Gasteiger partial charge in [-0.2, -0.15) is 0 Å². The minimum absolute atomic E-state index is 0.236. The van der Waals surface area contributed by atoms with Crippen molar-refractivity contribution in [3.05, 3.63) is 68.4 Å². The van der Waals surface area contributed by atoms with E-state index in [0.717, 1.165) is 15.6 Å². The first-order chi connectivity index (χ1) is 9.02. The van der Waals surface area contributed by atoms with E-state index >= 15 is 0 Å². The van der Waals surface area contributed by atoms with Crippen LogP contribution in [-0.4, -0.2) is 0 Å². The van der Waals surface area contributed by atoms with Crippen LogP contribution in [0, 0.1) is 12.7 Å². The van der Waals surface area contributed by atoms with Gasteiger partial charge in [-0.25, -0.2) is 9.82 Å². The van der Waals surface area contributed by atoms with E-state index in [-0.39, 0.29) is 11.9 Å². The molecule has 0 aliphatic carbocycles. The molecule has 0 aromatic heterocycles. The van der Waals surface area contributed by atoms with Crippen molar-refractivity contribution in [1.82, 2.24) is 5.43 Å². The monoisotopic (exact) mass is 342 g/mol. The Morgan fingerprint density at radius 3 is 2.63 bits per heavy atom. The van der Waals surface area contributed by atoms with Crippen molar-refractivity contribution in [1.29, 1.82) is 0 Å². The first kappa shape index (κ1) is 14.5. The van der Waals surface area contributed by atoms with Crippen LogP contribution in [0.25, 0.3) is 0 Å². The number of aryl methyl sites for hydroxylation is 1. The summed E-state index contributed by atoms with van der Waals surface area (Å²) in [5, 5.41) is 0.605. The van der Waals surface area contributed by atoms with E-state index < -0.39 is 0 Å². The second-order valence-corrected chi connectivity index (χ2v) is 5.60. The standard InChI is InChI=1S/C14H13BrClFN2/c1-8-6-9(2-5-13(8)17)14(19-18)11-7-10(15)3-4-12(11)16/h2-7,14,19H,18H2,1H3. The lowest BCUT2D eigenvalue weighted by molar-refractivity contribution is 0.607. The summed E-state index contributed by atoms with van der Waals surface area (Å²) in [6, 6.07) is 10.1. The average Bonchev–Trinajstić information content (AvgIpc) is 2.38. The summed E-state index contributed by atoms with van der Waals surface area (Å²) < 4.78 is 14.2. The minimum atomic E-state index is -0.288. The maximum Gasteiger partial charge on any atom is 0.126 e. The molecule has 3 N–H and O–H groups in total. The maximum absolute atomic E-state index is 13.3. The zero-order chi connectivity index (χ0) is 14.0. The minimum Gasteiger partial charge on any atom is -0.271 e. The lowest BCUT2D eigenvalue weighted by Crippen LogP contribution is -2.29. The van der Waals surface area contributed by atoms with Crippen molar-refractivity contribution >= 4 is 27.5 Å². The van der Waals surface area contributed by atoms with Gasteiger partial charge in [-0.3, -0.25) is 5.84 Å². The number of hydrogen-bond acceptors (Lipinski definition) is 2. The Kier molecular flexibility index (Phi) is 4.58. The number of nitrogens with one attached hydrogen (secondary N) is 1. The molecule has 0 saturated carbocycles. The molecule has 1 atom stereocenters. The summed E-state index contributed by atoms with van der Waals surface area (Å²) in [6.07, 6.45) is 0. The summed E-state index contributed by atoms with van der Waals surface area (Å²) in [7, 11) is 0. The third kappa shape index (κ3) is 3.15. The molecular formula is C14H13BrClFN2. The van der Waals surface area contributed by atoms with E-state index in [0.29, 0.717) is 10.6 Å². The van der Waals surface area contributed by atoms with Crippen LogP contribution in [0.2, 0.25) is 5.02 Å². The van der Waals surface area contributed by atoms with Crippen LogP contribution in [0.15, 0.2) is 40.9 Å². The van der Waals surface area contributed by atoms with Gasteiger partial charge in [0, 0.05) is 9.50 Å². The van der Waals surface area contributed by atoms with Gasteiger partial charge in [0.1, 0.15) is 5.82 Å². The highest BCUT2D eigenvalue weighted by molar-refractivity contribution is 9.10. The fourth-order valence-electron chi connectivity index (χ4n) is 1.95. The number of rotatable bonds is 3. The molecule has 0 radical (unpaired) electrons. The van der Waals surface area contributed by atoms with Crippen LogP contribution in [0.5, 0.6) is 0 Å². The second kappa shape index (κ2) is 6.01. The van der Waals surface area contributed by atoms with Gasteiger partial charge in [-0.1, -0.05) is 39.7 Å². The summed E-state index contributed by atoms with van der Waals surface area (Å²) >= 11 is 9.61. The Labute approximate surface area is 124 Å². The van der Waals surface area contributed by atoms with Gasteiger partial charge in [0.05, 0.1) is 6.04 Å². The molecule has 5 heteroatoms. The number of nitrogens with two attached hydrogens (primary N) is 1. The number of hydrogen-bond donors (Lipinski definition) is 2. The molecule has 0 heterocycles. The van der Waals surface area contributed by atoms with Crippen molar-refractivity contribution in [2.24, 2.45) is 5.84 Å². The van der Waals surface area contributed by atoms with Crippen LogP contribution in [0.1, 0.15) is 22.7 Å². The third-order valence-electron chi connectivity index (χ3n) is 2.95. The Morgan fingerprint density at radius 1 is 1.26 bits per heavy atom. The van der Waals surface area contributed by atoms with E-state index in [4.69, 9.17) is 17.4 Å². The van der Waals surface area contributed by atoms with E-state index in [1.165, 1.54) is 6.07 Å². The Morgan fingerprint density at radius 2 is 2.00 bits per heavy atom. The van der Waals surface area contributed by atoms with E-state index in [2.05, 4.69) is 21.4 Å². The zero-order valence-corrected chi connectivity index (χ0v) is 12.6. The quantitative estimate of drug-likeness (QED) is 0.650. The van der Waals surface area contributed by atoms with Gasteiger partial charge in [0.15, 0.2) is 0 Å². The molecule has 2 aromatic carbocycles. The van der Waals surface area contributed by atoms with Crippen LogP contribution < -0.4 is 11.3 Å². The normalized spacial score (nSPS) is 12.5. The molecule has 0 amide bonds. The van der Waals surface area contributed by atoms with E-state index in [1.54, 1.807) is 25.1 Å². The second-order valence-electron chi connectivity index (χ2n) is 4.27. The Hall–Kier alpha value is -0.940. The zero-order valence-electron chi connectivity index (χ0n) is 10.3. The van der Waals surface area contributed by atoms with Gasteiger partial charge in [-0.15, -0.1) is 0 Å². The van der Waals surface area contributed by atoms with Crippen molar-refractivity contribution in [3.8, 4) is 0 Å². The first-order valence-electron chi connectivity index (χ1n) is 5.70. The largest absolute Gasteiger partial charge is 0.271 e. The smallest absolute Gasteiger partial charge is 0.126 e. The van der Waals surface area contributed by atoms with Crippen molar-refractivity contribution < 1.29 is 4.39 Å². The SMILES string of the molecule is Cc1cc(C(NN)c2cc(Br)ccc2Cl)ccc1F. The van der Waals surface area contributed by atoms with Crippen LogP contribution in [0.3, 0.4) is 0 Å². The van der Waals surface area contributed by atoms with Gasteiger partial charge in [0.25, 0.3) is 0 Å². The first-order valence-corrected chi connectivity index (χ1v) is 6.87. The molecule has 0 bridgehead atoms. The van der Waals surface area contributed by atoms with Gasteiger partial charge in [-0.05, 0) is 47.9 Å². The summed E-state index contributed by atoms with van der Waals surface area (Å²) in [6.45, 7) is 1.72.